The number of ether oxygens (including phenoxy) is 1. The van der Waals surface area contributed by atoms with Gasteiger partial charge in [-0.15, -0.1) is 0 Å². The van der Waals surface area contributed by atoms with Crippen molar-refractivity contribution in [3.05, 3.63) is 78.0 Å². The number of carbonyl (C=O) groups is 1. The molecule has 1 amide bonds. The SMILES string of the molecule is O=C(Nc1ccc(Oc2ccccc2)nc1)c1ccc2c(c1)B(O)OC2. The van der Waals surface area contributed by atoms with E-state index in [0.29, 0.717) is 35.0 Å². The van der Waals surface area contributed by atoms with E-state index in [0.717, 1.165) is 5.56 Å². The van der Waals surface area contributed by atoms with E-state index in [9.17, 15) is 9.82 Å². The van der Waals surface area contributed by atoms with Gasteiger partial charge in [-0.1, -0.05) is 24.3 Å². The molecular formula is C19H15BN2O4. The third kappa shape index (κ3) is 3.44. The predicted octanol–water partition coefficient (Wildman–Crippen LogP) is 2.34. The van der Waals surface area contributed by atoms with Gasteiger partial charge in [-0.05, 0) is 41.4 Å². The summed E-state index contributed by atoms with van der Waals surface area (Å²) in [5.41, 5.74) is 2.51. The lowest BCUT2D eigenvalue weighted by molar-refractivity contribution is 0.102. The molecule has 2 N–H and O–H groups in total. The Kier molecular flexibility index (Phi) is 4.39. The van der Waals surface area contributed by atoms with E-state index in [1.54, 1.807) is 30.3 Å². The van der Waals surface area contributed by atoms with Gasteiger partial charge in [0.05, 0.1) is 18.5 Å². The minimum Gasteiger partial charge on any atom is -0.439 e. The van der Waals surface area contributed by atoms with Crippen LogP contribution < -0.4 is 15.5 Å². The molecule has 1 aliphatic rings. The number of nitrogens with zero attached hydrogens (tertiary/aromatic N) is 1. The fourth-order valence-corrected chi connectivity index (χ4v) is 2.68. The number of fused-ring (bicyclic) bond motifs is 1. The highest BCUT2D eigenvalue weighted by atomic mass is 16.5. The third-order valence-corrected chi connectivity index (χ3v) is 4.03. The molecule has 0 unspecified atom stereocenters. The number of anilines is 1. The molecule has 1 aliphatic heterocycles. The topological polar surface area (TPSA) is 80.7 Å². The second-order valence-electron chi connectivity index (χ2n) is 5.83. The van der Waals surface area contributed by atoms with Gasteiger partial charge < -0.3 is 19.7 Å². The van der Waals surface area contributed by atoms with Crippen molar-refractivity contribution in [3.63, 3.8) is 0 Å². The van der Waals surface area contributed by atoms with Crippen LogP contribution in [0.4, 0.5) is 5.69 Å². The molecule has 0 atom stereocenters. The Labute approximate surface area is 150 Å². The van der Waals surface area contributed by atoms with Gasteiger partial charge in [0, 0.05) is 11.6 Å². The molecule has 7 heteroatoms. The molecule has 2 heterocycles. The number of nitrogens with one attached hydrogen (secondary N) is 1. The molecule has 0 bridgehead atoms. The van der Waals surface area contributed by atoms with Crippen LogP contribution in [0.5, 0.6) is 11.6 Å². The maximum atomic E-state index is 12.4. The summed E-state index contributed by atoms with van der Waals surface area (Å²) in [5, 5.41) is 12.5. The molecule has 3 aromatic rings. The first-order valence-electron chi connectivity index (χ1n) is 8.12. The minimum absolute atomic E-state index is 0.287. The molecule has 0 aliphatic carbocycles. The molecular weight excluding hydrogens is 331 g/mol. The Bertz CT molecular complexity index is 932. The quantitative estimate of drug-likeness (QED) is 0.709. The number of para-hydroxylation sites is 1. The monoisotopic (exact) mass is 346 g/mol. The molecule has 128 valence electrons. The lowest BCUT2D eigenvalue weighted by Crippen LogP contribution is -2.29. The van der Waals surface area contributed by atoms with Crippen molar-refractivity contribution < 1.29 is 19.2 Å². The molecule has 0 fully saturated rings. The van der Waals surface area contributed by atoms with Crippen LogP contribution in [-0.2, 0) is 11.3 Å². The van der Waals surface area contributed by atoms with Gasteiger partial charge in [0.2, 0.25) is 5.88 Å². The standard InChI is InChI=1S/C19H15BN2O4/c23-19(13-6-7-14-12-25-20(24)17(14)10-13)22-15-8-9-18(21-11-15)26-16-4-2-1-3-5-16/h1-11,24H,12H2,(H,22,23). The van der Waals surface area contributed by atoms with E-state index in [1.165, 1.54) is 6.20 Å². The lowest BCUT2D eigenvalue weighted by Gasteiger charge is -2.08. The van der Waals surface area contributed by atoms with Gasteiger partial charge in [0.15, 0.2) is 0 Å². The molecule has 2 aromatic carbocycles. The number of pyridine rings is 1. The van der Waals surface area contributed by atoms with Gasteiger partial charge in [0.1, 0.15) is 5.75 Å². The predicted molar refractivity (Wildman–Crippen MR) is 97.5 cm³/mol. The van der Waals surface area contributed by atoms with Crippen molar-refractivity contribution in [2.24, 2.45) is 0 Å². The molecule has 26 heavy (non-hydrogen) atoms. The first kappa shape index (κ1) is 16.3. The zero-order chi connectivity index (χ0) is 17.9. The summed E-state index contributed by atoms with van der Waals surface area (Å²) in [6.07, 6.45) is 1.53. The van der Waals surface area contributed by atoms with Crippen LogP contribution in [0.3, 0.4) is 0 Å². The summed E-state index contributed by atoms with van der Waals surface area (Å²) >= 11 is 0. The average molecular weight is 346 g/mol. The van der Waals surface area contributed by atoms with Gasteiger partial charge in [-0.25, -0.2) is 4.98 Å². The molecule has 4 rings (SSSR count). The second-order valence-corrected chi connectivity index (χ2v) is 5.83. The highest BCUT2D eigenvalue weighted by molar-refractivity contribution is 6.61. The Hall–Kier alpha value is -3.16. The Morgan fingerprint density at radius 1 is 1.15 bits per heavy atom. The largest absolute Gasteiger partial charge is 0.491 e. The summed E-state index contributed by atoms with van der Waals surface area (Å²) in [6.45, 7) is 0.352. The number of carbonyl (C=O) groups excluding carboxylic acids is 1. The van der Waals surface area contributed by atoms with Crippen molar-refractivity contribution in [3.8, 4) is 11.6 Å². The van der Waals surface area contributed by atoms with Crippen LogP contribution in [0.1, 0.15) is 15.9 Å². The molecule has 0 saturated heterocycles. The zero-order valence-electron chi connectivity index (χ0n) is 13.8. The maximum absolute atomic E-state index is 12.4. The van der Waals surface area contributed by atoms with Gasteiger partial charge >= 0.3 is 7.12 Å². The van der Waals surface area contributed by atoms with E-state index >= 15 is 0 Å². The van der Waals surface area contributed by atoms with Crippen molar-refractivity contribution in [2.75, 3.05) is 5.32 Å². The van der Waals surface area contributed by atoms with Crippen molar-refractivity contribution in [2.45, 2.75) is 6.61 Å². The summed E-state index contributed by atoms with van der Waals surface area (Å²) in [4.78, 5) is 16.6. The average Bonchev–Trinajstić information content (AvgIpc) is 3.04. The van der Waals surface area contributed by atoms with Crippen LogP contribution in [0.15, 0.2) is 66.9 Å². The number of aromatic nitrogens is 1. The Morgan fingerprint density at radius 3 is 2.77 bits per heavy atom. The van der Waals surface area contributed by atoms with Crippen LogP contribution in [0.2, 0.25) is 0 Å². The first-order chi connectivity index (χ1) is 12.7. The smallest absolute Gasteiger partial charge is 0.439 e. The van der Waals surface area contributed by atoms with E-state index in [-0.39, 0.29) is 5.91 Å². The molecule has 0 spiro atoms. The van der Waals surface area contributed by atoms with E-state index in [1.807, 2.05) is 30.3 Å². The third-order valence-electron chi connectivity index (χ3n) is 4.03. The number of amides is 1. The maximum Gasteiger partial charge on any atom is 0.491 e. The fourth-order valence-electron chi connectivity index (χ4n) is 2.68. The number of hydrogen-bond acceptors (Lipinski definition) is 5. The van der Waals surface area contributed by atoms with E-state index in [2.05, 4.69) is 10.3 Å². The minimum atomic E-state index is -0.978. The number of hydrogen-bond donors (Lipinski definition) is 2. The van der Waals surface area contributed by atoms with Crippen LogP contribution in [-0.4, -0.2) is 23.0 Å². The van der Waals surface area contributed by atoms with E-state index in [4.69, 9.17) is 9.39 Å². The second kappa shape index (κ2) is 6.99. The zero-order valence-corrected chi connectivity index (χ0v) is 13.8. The van der Waals surface area contributed by atoms with Crippen LogP contribution in [0, 0.1) is 0 Å². The van der Waals surface area contributed by atoms with E-state index < -0.39 is 7.12 Å². The summed E-state index contributed by atoms with van der Waals surface area (Å²) in [6, 6.07) is 17.9. The molecule has 0 radical (unpaired) electrons. The molecule has 1 aromatic heterocycles. The summed E-state index contributed by atoms with van der Waals surface area (Å²) in [7, 11) is -0.978. The first-order valence-corrected chi connectivity index (χ1v) is 8.12. The van der Waals surface area contributed by atoms with Gasteiger partial charge in [-0.3, -0.25) is 4.79 Å². The number of rotatable bonds is 4. The van der Waals surface area contributed by atoms with Crippen LogP contribution in [0.25, 0.3) is 0 Å². The molecule has 0 saturated carbocycles. The number of benzene rings is 2. The highest BCUT2D eigenvalue weighted by Crippen LogP contribution is 2.20. The van der Waals surface area contributed by atoms with Gasteiger partial charge in [0.25, 0.3) is 5.91 Å². The Balaban J connectivity index is 1.44. The fraction of sp³-hybridized carbons (Fsp3) is 0.0526. The molecule has 6 nitrogen and oxygen atoms in total. The lowest BCUT2D eigenvalue weighted by atomic mass is 9.79. The van der Waals surface area contributed by atoms with Gasteiger partial charge in [-0.2, -0.15) is 0 Å². The van der Waals surface area contributed by atoms with Crippen molar-refractivity contribution in [1.82, 2.24) is 4.98 Å². The summed E-state index contributed by atoms with van der Waals surface area (Å²) < 4.78 is 10.8. The van der Waals surface area contributed by atoms with Crippen molar-refractivity contribution >= 4 is 24.2 Å². The van der Waals surface area contributed by atoms with Crippen LogP contribution >= 0.6 is 0 Å². The highest BCUT2D eigenvalue weighted by Gasteiger charge is 2.28. The van der Waals surface area contributed by atoms with Crippen molar-refractivity contribution in [1.29, 1.82) is 0 Å². The normalized spacial score (nSPS) is 12.6. The summed E-state index contributed by atoms with van der Waals surface area (Å²) in [5.74, 6) is 0.841. The Morgan fingerprint density at radius 2 is 2.00 bits per heavy atom.